The number of carbonyl (C=O) groups excluding carboxylic acids is 4. The molecular formula is C22H16Br2Cl2N2O4S. The van der Waals surface area contributed by atoms with Gasteiger partial charge in [-0.1, -0.05) is 61.1 Å². The smallest absolute Gasteiger partial charge is 0.274 e. The summed E-state index contributed by atoms with van der Waals surface area (Å²) in [6.45, 7) is -0.458. The third-order valence-corrected chi connectivity index (χ3v) is 11.4. The van der Waals surface area contributed by atoms with Gasteiger partial charge in [0, 0.05) is 14.7 Å². The molecule has 2 aliphatic carbocycles. The van der Waals surface area contributed by atoms with E-state index in [4.69, 9.17) is 23.2 Å². The highest BCUT2D eigenvalue weighted by molar-refractivity contribution is 9.12. The molecule has 5 rings (SSSR count). The van der Waals surface area contributed by atoms with Crippen LogP contribution in [0.4, 0.5) is 0 Å². The molecule has 11 heteroatoms. The molecule has 0 unspecified atom stereocenters. The van der Waals surface area contributed by atoms with Crippen LogP contribution in [0.2, 0.25) is 10.0 Å². The summed E-state index contributed by atoms with van der Waals surface area (Å²) in [5.41, 5.74) is 0.0532. The lowest BCUT2D eigenvalue weighted by Crippen LogP contribution is -2.52. The molecule has 1 saturated heterocycles. The van der Waals surface area contributed by atoms with Crippen molar-refractivity contribution in [3.8, 4) is 0 Å². The van der Waals surface area contributed by atoms with Crippen LogP contribution in [0.5, 0.6) is 0 Å². The van der Waals surface area contributed by atoms with Crippen LogP contribution in [-0.2, 0) is 9.59 Å². The van der Waals surface area contributed by atoms with Gasteiger partial charge in [-0.2, -0.15) is 5.01 Å². The van der Waals surface area contributed by atoms with E-state index >= 15 is 0 Å². The molecule has 2 heterocycles. The number of hydrogen-bond donors (Lipinski definition) is 0. The van der Waals surface area contributed by atoms with Crippen LogP contribution in [0.1, 0.15) is 26.5 Å². The normalized spacial score (nSPS) is 30.1. The van der Waals surface area contributed by atoms with Crippen LogP contribution in [-0.4, -0.2) is 49.7 Å². The molecule has 33 heavy (non-hydrogen) atoms. The predicted molar refractivity (Wildman–Crippen MR) is 132 cm³/mol. The van der Waals surface area contributed by atoms with E-state index in [9.17, 15) is 19.2 Å². The van der Waals surface area contributed by atoms with Gasteiger partial charge in [-0.15, -0.1) is 11.3 Å². The summed E-state index contributed by atoms with van der Waals surface area (Å²) in [5, 5.41) is 3.99. The number of ketones is 1. The third-order valence-electron chi connectivity index (χ3n) is 6.69. The molecule has 2 bridgehead atoms. The molecule has 1 aliphatic heterocycles. The zero-order chi connectivity index (χ0) is 23.6. The highest BCUT2D eigenvalue weighted by Crippen LogP contribution is 2.60. The summed E-state index contributed by atoms with van der Waals surface area (Å²) in [7, 11) is 0. The Hall–Kier alpha value is -1.26. The molecule has 0 N–H and O–H groups in total. The van der Waals surface area contributed by atoms with Gasteiger partial charge < -0.3 is 0 Å². The maximum absolute atomic E-state index is 13.6. The molecule has 1 aromatic heterocycles. The van der Waals surface area contributed by atoms with Gasteiger partial charge in [0.2, 0.25) is 0 Å². The first-order chi connectivity index (χ1) is 15.7. The SMILES string of the molecule is O=C(CN(C(=O)c1ccc(Cl)cc1Cl)N1C(=O)[C@@H]2[C@H]3C[C@@H]([C@H](Br)[C@H]3Br)[C@H]2C1=O)c1cccs1. The summed E-state index contributed by atoms with van der Waals surface area (Å²) in [6.07, 6.45) is 0.761. The fraction of sp³-hybridized carbons (Fsp3) is 0.364. The molecule has 3 fully saturated rings. The molecule has 1 aromatic carbocycles. The maximum atomic E-state index is 13.6. The lowest BCUT2D eigenvalue weighted by atomic mass is 9.81. The highest BCUT2D eigenvalue weighted by Gasteiger charge is 2.67. The topological polar surface area (TPSA) is 74.8 Å². The zero-order valence-corrected chi connectivity index (χ0v) is 22.3. The monoisotopic (exact) mass is 632 g/mol. The minimum absolute atomic E-state index is 0.0186. The first-order valence-corrected chi connectivity index (χ1v) is 13.7. The predicted octanol–water partition coefficient (Wildman–Crippen LogP) is 5.07. The Labute approximate surface area is 220 Å². The fourth-order valence-corrected chi connectivity index (χ4v) is 8.28. The van der Waals surface area contributed by atoms with Crippen molar-refractivity contribution in [3.63, 3.8) is 0 Å². The fourth-order valence-electron chi connectivity index (χ4n) is 5.26. The van der Waals surface area contributed by atoms with Gasteiger partial charge in [-0.3, -0.25) is 19.2 Å². The number of alkyl halides is 2. The molecule has 6 atom stereocenters. The van der Waals surface area contributed by atoms with Crippen molar-refractivity contribution in [2.75, 3.05) is 6.54 Å². The molecule has 6 nitrogen and oxygen atoms in total. The Kier molecular flexibility index (Phi) is 6.23. The number of fused-ring (bicyclic) bond motifs is 5. The Morgan fingerprint density at radius 3 is 2.24 bits per heavy atom. The van der Waals surface area contributed by atoms with Crippen LogP contribution in [0, 0.1) is 23.7 Å². The number of carbonyl (C=O) groups is 4. The van der Waals surface area contributed by atoms with Crippen LogP contribution >= 0.6 is 66.4 Å². The van der Waals surface area contributed by atoms with E-state index in [0.717, 1.165) is 16.4 Å². The number of hydrogen-bond acceptors (Lipinski definition) is 5. The molecule has 0 spiro atoms. The van der Waals surface area contributed by atoms with E-state index in [1.165, 1.54) is 29.5 Å². The quantitative estimate of drug-likeness (QED) is 0.262. The number of imide groups is 1. The molecule has 2 saturated carbocycles. The number of nitrogens with zero attached hydrogens (tertiary/aromatic N) is 2. The molecular weight excluding hydrogens is 619 g/mol. The number of halogens is 4. The lowest BCUT2D eigenvalue weighted by Gasteiger charge is -2.31. The summed E-state index contributed by atoms with van der Waals surface area (Å²) in [4.78, 5) is 54.1. The molecule has 2 aromatic rings. The summed E-state index contributed by atoms with van der Waals surface area (Å²) in [6, 6.07) is 7.68. The first kappa shape index (κ1) is 23.5. The number of rotatable bonds is 5. The Morgan fingerprint density at radius 1 is 1.06 bits per heavy atom. The van der Waals surface area contributed by atoms with Gasteiger partial charge in [0.25, 0.3) is 17.7 Å². The third kappa shape index (κ3) is 3.71. The number of benzene rings is 1. The van der Waals surface area contributed by atoms with Crippen LogP contribution in [0.25, 0.3) is 0 Å². The van der Waals surface area contributed by atoms with Crippen molar-refractivity contribution >= 4 is 89.9 Å². The van der Waals surface area contributed by atoms with E-state index < -0.39 is 36.1 Å². The van der Waals surface area contributed by atoms with Gasteiger partial charge >= 0.3 is 0 Å². The van der Waals surface area contributed by atoms with Gasteiger partial charge in [0.05, 0.1) is 27.3 Å². The molecule has 3 aliphatic rings. The standard InChI is InChI=1S/C22H16Br2Cl2N2O4S/c23-18-11-7-12(19(18)24)17-16(11)21(31)28(22(17)32)27(8-14(29)15-2-1-5-33-15)20(30)10-4-3-9(25)6-13(10)26/h1-6,11-12,16-19H,7-8H2/t11-,12-,16-,17-,18+,19+/m1/s1. The van der Waals surface area contributed by atoms with Crippen molar-refractivity contribution in [2.45, 2.75) is 16.1 Å². The number of thiophene rings is 1. The average Bonchev–Trinajstić information content (AvgIpc) is 3.53. The second-order valence-electron chi connectivity index (χ2n) is 8.38. The molecule has 3 amide bonds. The summed E-state index contributed by atoms with van der Waals surface area (Å²) < 4.78 is 0. The summed E-state index contributed by atoms with van der Waals surface area (Å²) in [5.74, 6) is -3.05. The zero-order valence-electron chi connectivity index (χ0n) is 16.8. The van der Waals surface area contributed by atoms with Crippen LogP contribution in [0.3, 0.4) is 0 Å². The van der Waals surface area contributed by atoms with E-state index in [1.54, 1.807) is 17.5 Å². The van der Waals surface area contributed by atoms with Crippen LogP contribution < -0.4 is 0 Å². The average molecular weight is 635 g/mol. The number of amides is 3. The second-order valence-corrected chi connectivity index (χ2v) is 12.3. The van der Waals surface area contributed by atoms with Crippen molar-refractivity contribution < 1.29 is 19.2 Å². The van der Waals surface area contributed by atoms with E-state index in [-0.39, 0.29) is 37.9 Å². The Bertz CT molecular complexity index is 1150. The van der Waals surface area contributed by atoms with E-state index in [0.29, 0.717) is 9.90 Å². The van der Waals surface area contributed by atoms with Crippen molar-refractivity contribution in [2.24, 2.45) is 23.7 Å². The maximum Gasteiger partial charge on any atom is 0.274 e. The van der Waals surface area contributed by atoms with E-state index in [2.05, 4.69) is 31.9 Å². The minimum atomic E-state index is -0.707. The van der Waals surface area contributed by atoms with Gasteiger partial charge in [0.15, 0.2) is 5.78 Å². The number of hydrazine groups is 1. The molecule has 0 radical (unpaired) electrons. The Morgan fingerprint density at radius 2 is 1.70 bits per heavy atom. The highest BCUT2D eigenvalue weighted by atomic mass is 79.9. The van der Waals surface area contributed by atoms with Crippen molar-refractivity contribution in [1.82, 2.24) is 10.0 Å². The first-order valence-electron chi connectivity index (χ1n) is 10.2. The van der Waals surface area contributed by atoms with Crippen molar-refractivity contribution in [1.29, 1.82) is 0 Å². The minimum Gasteiger partial charge on any atom is -0.291 e. The number of Topliss-reactive ketones (excluding diaryl/α,β-unsaturated/α-hetero) is 1. The van der Waals surface area contributed by atoms with Crippen LogP contribution in [0.15, 0.2) is 35.7 Å². The largest absolute Gasteiger partial charge is 0.291 e. The lowest BCUT2D eigenvalue weighted by molar-refractivity contribution is -0.154. The Balaban J connectivity index is 1.53. The van der Waals surface area contributed by atoms with Crippen molar-refractivity contribution in [3.05, 3.63) is 56.2 Å². The molecule has 172 valence electrons. The summed E-state index contributed by atoms with van der Waals surface area (Å²) >= 11 is 20.8. The van der Waals surface area contributed by atoms with Gasteiger partial charge in [-0.05, 0) is 47.9 Å². The van der Waals surface area contributed by atoms with E-state index in [1.807, 2.05) is 0 Å². The van der Waals surface area contributed by atoms with Gasteiger partial charge in [-0.25, -0.2) is 5.01 Å². The van der Waals surface area contributed by atoms with Gasteiger partial charge in [0.1, 0.15) is 6.54 Å². The second kappa shape index (κ2) is 8.75.